The fourth-order valence-corrected chi connectivity index (χ4v) is 4.46. The highest BCUT2D eigenvalue weighted by Crippen LogP contribution is 2.26. The minimum Gasteiger partial charge on any atom is -0.362 e. The topological polar surface area (TPSA) is 65.1 Å². The van der Waals surface area contributed by atoms with Crippen LogP contribution in [-0.2, 0) is 0 Å². The second-order valence-electron chi connectivity index (χ2n) is 8.08. The normalized spacial score (nSPS) is 18.4. The average Bonchev–Trinajstić information content (AvgIpc) is 2.76. The van der Waals surface area contributed by atoms with Crippen molar-refractivity contribution in [1.82, 2.24) is 15.3 Å². The Balaban J connectivity index is 1.32. The molecule has 4 rings (SSSR count). The van der Waals surface area contributed by atoms with Crippen molar-refractivity contribution >= 4 is 61.6 Å². The number of fused-ring (bicyclic) bond motifs is 1. The van der Waals surface area contributed by atoms with Crippen LogP contribution in [0.5, 0.6) is 0 Å². The fraction of sp³-hybridized carbons (Fsp3) is 0.348. The lowest BCUT2D eigenvalue weighted by Crippen LogP contribution is -2.42. The smallest absolute Gasteiger partial charge is 0.225 e. The van der Waals surface area contributed by atoms with Crippen LogP contribution >= 0.6 is 28.1 Å². The number of nitrogens with one attached hydrogen (secondary N) is 3. The molecule has 0 spiro atoms. The van der Waals surface area contributed by atoms with Gasteiger partial charge in [0, 0.05) is 41.7 Å². The van der Waals surface area contributed by atoms with Crippen molar-refractivity contribution in [3.05, 3.63) is 53.0 Å². The molecule has 1 heterocycles. The van der Waals surface area contributed by atoms with E-state index in [2.05, 4.69) is 37.9 Å². The Labute approximate surface area is 197 Å². The van der Waals surface area contributed by atoms with E-state index in [1.54, 1.807) is 0 Å². The van der Waals surface area contributed by atoms with Crippen molar-refractivity contribution in [2.45, 2.75) is 37.8 Å². The van der Waals surface area contributed by atoms with Crippen molar-refractivity contribution in [2.24, 2.45) is 0 Å². The maximum absolute atomic E-state index is 5.49. The molecule has 1 aliphatic rings. The van der Waals surface area contributed by atoms with Crippen molar-refractivity contribution in [3.63, 3.8) is 0 Å². The standard InChI is InChI=1S/C23H27BrN6S/c1-30(2)21-19-5-3-4-6-20(19)28-22(29-21)25-16-11-13-18(14-12-16)27-23(31)26-17-9-7-15(24)8-10-17/h3-10,16,18H,11-14H2,1-2H3,(H,25,28,29)(H2,26,27,31)/t16-,18+. The molecule has 1 aliphatic carbocycles. The lowest BCUT2D eigenvalue weighted by Gasteiger charge is -2.30. The summed E-state index contributed by atoms with van der Waals surface area (Å²) in [6, 6.07) is 16.9. The molecule has 8 heteroatoms. The highest BCUT2D eigenvalue weighted by atomic mass is 79.9. The fourth-order valence-electron chi connectivity index (χ4n) is 3.92. The lowest BCUT2D eigenvalue weighted by atomic mass is 9.91. The van der Waals surface area contributed by atoms with Crippen LogP contribution in [0.3, 0.4) is 0 Å². The van der Waals surface area contributed by atoms with Gasteiger partial charge in [-0.05, 0) is 74.3 Å². The molecule has 162 valence electrons. The molecule has 2 aromatic carbocycles. The number of benzene rings is 2. The quantitative estimate of drug-likeness (QED) is 0.419. The van der Waals surface area contributed by atoms with Crippen LogP contribution < -0.4 is 20.9 Å². The molecule has 1 saturated carbocycles. The molecule has 6 nitrogen and oxygen atoms in total. The van der Waals surface area contributed by atoms with Crippen LogP contribution in [0.15, 0.2) is 53.0 Å². The van der Waals surface area contributed by atoms with E-state index in [1.807, 2.05) is 61.5 Å². The third kappa shape index (κ3) is 5.62. The zero-order valence-corrected chi connectivity index (χ0v) is 20.1. The van der Waals surface area contributed by atoms with Gasteiger partial charge in [0.1, 0.15) is 5.82 Å². The largest absolute Gasteiger partial charge is 0.362 e. The molecule has 0 bridgehead atoms. The predicted molar refractivity (Wildman–Crippen MR) is 137 cm³/mol. The number of para-hydroxylation sites is 1. The van der Waals surface area contributed by atoms with Gasteiger partial charge in [-0.1, -0.05) is 28.1 Å². The Morgan fingerprint density at radius 2 is 1.65 bits per heavy atom. The third-order valence-corrected chi connectivity index (χ3v) is 6.25. The minimum absolute atomic E-state index is 0.363. The monoisotopic (exact) mass is 498 g/mol. The van der Waals surface area contributed by atoms with E-state index in [9.17, 15) is 0 Å². The molecule has 0 radical (unpaired) electrons. The molecule has 0 aliphatic heterocycles. The minimum atomic E-state index is 0.363. The van der Waals surface area contributed by atoms with Crippen LogP contribution in [0.4, 0.5) is 17.5 Å². The Morgan fingerprint density at radius 3 is 2.35 bits per heavy atom. The van der Waals surface area contributed by atoms with E-state index in [4.69, 9.17) is 22.2 Å². The van der Waals surface area contributed by atoms with Gasteiger partial charge in [0.2, 0.25) is 5.95 Å². The zero-order chi connectivity index (χ0) is 21.8. The number of anilines is 3. The number of aromatic nitrogens is 2. The summed E-state index contributed by atoms with van der Waals surface area (Å²) in [5.74, 6) is 1.64. The maximum atomic E-state index is 5.49. The first-order valence-electron chi connectivity index (χ1n) is 10.5. The molecule has 0 atom stereocenters. The van der Waals surface area contributed by atoms with Crippen molar-refractivity contribution < 1.29 is 0 Å². The molecule has 0 amide bonds. The highest BCUT2D eigenvalue weighted by molar-refractivity contribution is 9.10. The second kappa shape index (κ2) is 9.78. The highest BCUT2D eigenvalue weighted by Gasteiger charge is 2.22. The van der Waals surface area contributed by atoms with E-state index in [0.717, 1.165) is 52.6 Å². The summed E-state index contributed by atoms with van der Waals surface area (Å²) < 4.78 is 1.05. The Hall–Kier alpha value is -2.45. The summed E-state index contributed by atoms with van der Waals surface area (Å²) in [5.41, 5.74) is 1.95. The van der Waals surface area contributed by atoms with Gasteiger partial charge in [-0.25, -0.2) is 4.98 Å². The lowest BCUT2D eigenvalue weighted by molar-refractivity contribution is 0.387. The Kier molecular flexibility index (Phi) is 6.87. The third-order valence-electron chi connectivity index (χ3n) is 5.50. The van der Waals surface area contributed by atoms with E-state index >= 15 is 0 Å². The van der Waals surface area contributed by atoms with E-state index in [0.29, 0.717) is 23.1 Å². The predicted octanol–water partition coefficient (Wildman–Crippen LogP) is 5.17. The van der Waals surface area contributed by atoms with Crippen LogP contribution in [0.1, 0.15) is 25.7 Å². The van der Waals surface area contributed by atoms with Gasteiger partial charge in [0.25, 0.3) is 0 Å². The van der Waals surface area contributed by atoms with Crippen molar-refractivity contribution in [2.75, 3.05) is 29.6 Å². The summed E-state index contributed by atoms with van der Waals surface area (Å²) >= 11 is 8.94. The van der Waals surface area contributed by atoms with E-state index in [-0.39, 0.29) is 0 Å². The van der Waals surface area contributed by atoms with Crippen LogP contribution in [-0.4, -0.2) is 41.3 Å². The average molecular weight is 499 g/mol. The van der Waals surface area contributed by atoms with Gasteiger partial charge in [-0.2, -0.15) is 4.98 Å². The first-order chi connectivity index (χ1) is 15.0. The molecule has 0 saturated heterocycles. The summed E-state index contributed by atoms with van der Waals surface area (Å²) in [6.07, 6.45) is 4.19. The molecule has 31 heavy (non-hydrogen) atoms. The number of nitrogens with zero attached hydrogens (tertiary/aromatic N) is 3. The van der Waals surface area contributed by atoms with E-state index < -0.39 is 0 Å². The number of halogens is 1. The molecule has 1 aromatic heterocycles. The van der Waals surface area contributed by atoms with Gasteiger partial charge in [0.05, 0.1) is 5.52 Å². The van der Waals surface area contributed by atoms with E-state index in [1.165, 1.54) is 0 Å². The van der Waals surface area contributed by atoms with Crippen molar-refractivity contribution in [1.29, 1.82) is 0 Å². The molecule has 3 aromatic rings. The van der Waals surface area contributed by atoms with Gasteiger partial charge >= 0.3 is 0 Å². The van der Waals surface area contributed by atoms with Gasteiger partial charge in [-0.15, -0.1) is 0 Å². The SMILES string of the molecule is CN(C)c1nc(N[C@H]2CC[C@@H](NC(=S)Nc3ccc(Br)cc3)CC2)nc2ccccc12. The summed E-state index contributed by atoms with van der Waals surface area (Å²) in [6.45, 7) is 0. The summed E-state index contributed by atoms with van der Waals surface area (Å²) in [5, 5.41) is 12.0. The Morgan fingerprint density at radius 1 is 0.968 bits per heavy atom. The molecular weight excluding hydrogens is 472 g/mol. The molecule has 1 fully saturated rings. The van der Waals surface area contributed by atoms with Crippen LogP contribution in [0, 0.1) is 0 Å². The first kappa shape index (κ1) is 21.8. The number of hydrogen-bond donors (Lipinski definition) is 3. The number of rotatable bonds is 5. The summed E-state index contributed by atoms with van der Waals surface area (Å²) in [4.78, 5) is 11.5. The zero-order valence-electron chi connectivity index (χ0n) is 17.7. The molecule has 3 N–H and O–H groups in total. The van der Waals surface area contributed by atoms with Gasteiger partial charge in [-0.3, -0.25) is 0 Å². The van der Waals surface area contributed by atoms with Gasteiger partial charge < -0.3 is 20.9 Å². The van der Waals surface area contributed by atoms with Crippen LogP contribution in [0.2, 0.25) is 0 Å². The van der Waals surface area contributed by atoms with Gasteiger partial charge in [0.15, 0.2) is 5.11 Å². The Bertz CT molecular complexity index is 1050. The summed E-state index contributed by atoms with van der Waals surface area (Å²) in [7, 11) is 4.03. The number of hydrogen-bond acceptors (Lipinski definition) is 5. The maximum Gasteiger partial charge on any atom is 0.225 e. The van der Waals surface area contributed by atoms with Crippen LogP contribution in [0.25, 0.3) is 10.9 Å². The molecule has 0 unspecified atom stereocenters. The first-order valence-corrected chi connectivity index (χ1v) is 11.7. The van der Waals surface area contributed by atoms with Crippen molar-refractivity contribution in [3.8, 4) is 0 Å². The second-order valence-corrected chi connectivity index (χ2v) is 9.40. The number of thiocarbonyl (C=S) groups is 1. The molecular formula is C23H27BrN6S.